The smallest absolute Gasteiger partial charge is 0.336 e. The highest BCUT2D eigenvalue weighted by Gasteiger charge is 2.33. The summed E-state index contributed by atoms with van der Waals surface area (Å²) in [5, 5.41) is 0. The molecule has 0 aromatic heterocycles. The van der Waals surface area contributed by atoms with Crippen LogP contribution in [0.4, 0.5) is 0 Å². The fourth-order valence-electron chi connectivity index (χ4n) is 2.68. The fourth-order valence-corrected chi connectivity index (χ4v) is 2.68. The van der Waals surface area contributed by atoms with E-state index in [4.69, 9.17) is 9.47 Å². The van der Waals surface area contributed by atoms with Gasteiger partial charge in [0.25, 0.3) is 0 Å². The van der Waals surface area contributed by atoms with Crippen molar-refractivity contribution >= 4 is 5.97 Å². The van der Waals surface area contributed by atoms with Crippen molar-refractivity contribution in [2.75, 3.05) is 26.9 Å². The van der Waals surface area contributed by atoms with Gasteiger partial charge < -0.3 is 14.4 Å². The van der Waals surface area contributed by atoms with E-state index in [-0.39, 0.29) is 5.97 Å². The maximum atomic E-state index is 11.7. The molecule has 18 heavy (non-hydrogen) atoms. The summed E-state index contributed by atoms with van der Waals surface area (Å²) in [5.74, 6) is -0.161. The largest absolute Gasteiger partial charge is 0.456 e. The summed E-state index contributed by atoms with van der Waals surface area (Å²) in [7, 11) is 1.72. The Morgan fingerprint density at radius 3 is 3.11 bits per heavy atom. The molecular weight excluding hydrogens is 230 g/mol. The van der Waals surface area contributed by atoms with Gasteiger partial charge in [-0.25, -0.2) is 4.79 Å². The molecule has 0 radical (unpaired) electrons. The zero-order valence-corrected chi connectivity index (χ0v) is 11.1. The van der Waals surface area contributed by atoms with E-state index in [1.165, 1.54) is 0 Å². The standard InChI is InChI=1S/C14H21NO3/c1-3-4-7-12-13(10-18-14(12)16)15-8-5-6-11(15)9-17-2/h3-4,11H,5-10H2,1-2H3. The Labute approximate surface area is 108 Å². The van der Waals surface area contributed by atoms with Gasteiger partial charge in [0.15, 0.2) is 0 Å². The molecule has 4 nitrogen and oxygen atoms in total. The Morgan fingerprint density at radius 2 is 2.39 bits per heavy atom. The third-order valence-electron chi connectivity index (χ3n) is 3.58. The number of hydrogen-bond acceptors (Lipinski definition) is 4. The monoisotopic (exact) mass is 251 g/mol. The van der Waals surface area contributed by atoms with Crippen LogP contribution in [-0.4, -0.2) is 43.8 Å². The number of esters is 1. The van der Waals surface area contributed by atoms with E-state index in [1.54, 1.807) is 7.11 Å². The van der Waals surface area contributed by atoms with Gasteiger partial charge in [0.1, 0.15) is 6.61 Å². The number of carbonyl (C=O) groups excluding carboxylic acids is 1. The third kappa shape index (κ3) is 2.58. The van der Waals surface area contributed by atoms with Crippen molar-refractivity contribution in [2.24, 2.45) is 0 Å². The van der Waals surface area contributed by atoms with Gasteiger partial charge in [0, 0.05) is 13.7 Å². The first-order valence-electron chi connectivity index (χ1n) is 6.53. The average Bonchev–Trinajstić information content (AvgIpc) is 2.94. The molecule has 2 aliphatic rings. The normalized spacial score (nSPS) is 24.4. The molecule has 0 amide bonds. The molecule has 1 unspecified atom stereocenters. The van der Waals surface area contributed by atoms with Crippen LogP contribution in [0.3, 0.4) is 0 Å². The molecule has 4 heteroatoms. The number of carbonyl (C=O) groups is 1. The van der Waals surface area contributed by atoms with Crippen LogP contribution < -0.4 is 0 Å². The lowest BCUT2D eigenvalue weighted by Gasteiger charge is -2.27. The summed E-state index contributed by atoms with van der Waals surface area (Å²) >= 11 is 0. The van der Waals surface area contributed by atoms with Crippen LogP contribution >= 0.6 is 0 Å². The lowest BCUT2D eigenvalue weighted by molar-refractivity contribution is -0.136. The summed E-state index contributed by atoms with van der Waals surface area (Å²) < 4.78 is 10.4. The molecule has 1 saturated heterocycles. The fraction of sp³-hybridized carbons (Fsp3) is 0.643. The van der Waals surface area contributed by atoms with Gasteiger partial charge in [0.2, 0.25) is 0 Å². The highest BCUT2D eigenvalue weighted by molar-refractivity contribution is 5.91. The quantitative estimate of drug-likeness (QED) is 0.552. The zero-order valence-electron chi connectivity index (χ0n) is 11.1. The lowest BCUT2D eigenvalue weighted by Crippen LogP contribution is -2.33. The highest BCUT2D eigenvalue weighted by Crippen LogP contribution is 2.29. The summed E-state index contributed by atoms with van der Waals surface area (Å²) in [6, 6.07) is 0.389. The molecule has 1 atom stereocenters. The zero-order chi connectivity index (χ0) is 13.0. The van der Waals surface area contributed by atoms with E-state index in [2.05, 4.69) is 4.90 Å². The molecule has 0 aromatic rings. The molecule has 0 aliphatic carbocycles. The predicted molar refractivity (Wildman–Crippen MR) is 69.0 cm³/mol. The predicted octanol–water partition coefficient (Wildman–Crippen LogP) is 1.87. The van der Waals surface area contributed by atoms with E-state index in [0.717, 1.165) is 30.7 Å². The van der Waals surface area contributed by atoms with E-state index in [1.807, 2.05) is 19.1 Å². The summed E-state index contributed by atoms with van der Waals surface area (Å²) in [5.41, 5.74) is 1.88. The molecule has 1 fully saturated rings. The van der Waals surface area contributed by atoms with Crippen molar-refractivity contribution in [3.8, 4) is 0 Å². The van der Waals surface area contributed by atoms with E-state index >= 15 is 0 Å². The van der Waals surface area contributed by atoms with Gasteiger partial charge in [-0.3, -0.25) is 0 Å². The van der Waals surface area contributed by atoms with E-state index < -0.39 is 0 Å². The van der Waals surface area contributed by atoms with Gasteiger partial charge >= 0.3 is 5.97 Å². The Bertz CT molecular complexity index is 373. The van der Waals surface area contributed by atoms with Crippen molar-refractivity contribution in [3.05, 3.63) is 23.4 Å². The molecule has 0 aromatic carbocycles. The van der Waals surface area contributed by atoms with Gasteiger partial charge in [0.05, 0.1) is 23.9 Å². The van der Waals surface area contributed by atoms with Crippen molar-refractivity contribution in [1.82, 2.24) is 4.90 Å². The van der Waals surface area contributed by atoms with E-state index in [9.17, 15) is 4.79 Å². The molecule has 0 bridgehead atoms. The average molecular weight is 251 g/mol. The second-order valence-electron chi connectivity index (χ2n) is 4.72. The van der Waals surface area contributed by atoms with Crippen LogP contribution in [0.25, 0.3) is 0 Å². The number of nitrogens with zero attached hydrogens (tertiary/aromatic N) is 1. The van der Waals surface area contributed by atoms with Crippen LogP contribution in [0.5, 0.6) is 0 Å². The third-order valence-corrected chi connectivity index (χ3v) is 3.58. The Morgan fingerprint density at radius 1 is 1.56 bits per heavy atom. The molecule has 0 N–H and O–H groups in total. The molecule has 100 valence electrons. The molecule has 0 saturated carbocycles. The Balaban J connectivity index is 2.17. The van der Waals surface area contributed by atoms with Crippen molar-refractivity contribution in [2.45, 2.75) is 32.2 Å². The van der Waals surface area contributed by atoms with Crippen LogP contribution in [-0.2, 0) is 14.3 Å². The summed E-state index contributed by atoms with van der Waals surface area (Å²) in [4.78, 5) is 14.0. The number of allylic oxidation sites excluding steroid dienone is 2. The van der Waals surface area contributed by atoms with Gasteiger partial charge in [-0.05, 0) is 26.2 Å². The molecule has 2 rings (SSSR count). The molecule has 0 spiro atoms. The topological polar surface area (TPSA) is 38.8 Å². The number of ether oxygens (including phenoxy) is 2. The first-order valence-corrected chi connectivity index (χ1v) is 6.53. The van der Waals surface area contributed by atoms with Gasteiger partial charge in [-0.2, -0.15) is 0 Å². The highest BCUT2D eigenvalue weighted by atomic mass is 16.5. The molecule has 2 heterocycles. The van der Waals surface area contributed by atoms with Gasteiger partial charge in [-0.15, -0.1) is 0 Å². The SMILES string of the molecule is CC=CCC1=C(N2CCCC2COC)COC1=O. The van der Waals surface area contributed by atoms with Crippen molar-refractivity contribution in [3.63, 3.8) is 0 Å². The molecule has 2 aliphatic heterocycles. The minimum absolute atomic E-state index is 0.161. The Kier molecular flexibility index (Phi) is 4.42. The second-order valence-corrected chi connectivity index (χ2v) is 4.72. The van der Waals surface area contributed by atoms with Crippen LogP contribution in [0.2, 0.25) is 0 Å². The van der Waals surface area contributed by atoms with Crippen LogP contribution in [0.1, 0.15) is 26.2 Å². The second kappa shape index (κ2) is 6.05. The minimum atomic E-state index is -0.161. The minimum Gasteiger partial charge on any atom is -0.456 e. The Hall–Kier alpha value is -1.29. The number of methoxy groups -OCH3 is 1. The maximum absolute atomic E-state index is 11.7. The summed E-state index contributed by atoms with van der Waals surface area (Å²) in [6.45, 7) is 4.10. The van der Waals surface area contributed by atoms with Crippen LogP contribution in [0.15, 0.2) is 23.4 Å². The van der Waals surface area contributed by atoms with E-state index in [0.29, 0.717) is 25.7 Å². The lowest BCUT2D eigenvalue weighted by atomic mass is 10.1. The van der Waals surface area contributed by atoms with Crippen LogP contribution in [0, 0.1) is 0 Å². The van der Waals surface area contributed by atoms with Crippen molar-refractivity contribution in [1.29, 1.82) is 0 Å². The number of hydrogen-bond donors (Lipinski definition) is 0. The number of rotatable bonds is 5. The maximum Gasteiger partial charge on any atom is 0.336 e. The van der Waals surface area contributed by atoms with Gasteiger partial charge in [-0.1, -0.05) is 12.2 Å². The number of likely N-dealkylation sites (tertiary alicyclic amines) is 1. The molecular formula is C14H21NO3. The first kappa shape index (κ1) is 13.1. The number of cyclic esters (lactones) is 1. The first-order chi connectivity index (χ1) is 8.77. The van der Waals surface area contributed by atoms with Crippen molar-refractivity contribution < 1.29 is 14.3 Å². The summed E-state index contributed by atoms with van der Waals surface area (Å²) in [6.07, 6.45) is 6.92.